The first-order valence-corrected chi connectivity index (χ1v) is 6.56. The number of furan rings is 1. The van der Waals surface area contributed by atoms with Gasteiger partial charge in [-0.3, -0.25) is 4.79 Å². The normalized spacial score (nSPS) is 24.3. The van der Waals surface area contributed by atoms with Gasteiger partial charge in [-0.05, 0) is 12.1 Å². The van der Waals surface area contributed by atoms with Crippen molar-refractivity contribution in [3.05, 3.63) is 66.0 Å². The molecule has 3 aliphatic rings. The second kappa shape index (κ2) is 3.38. The summed E-state index contributed by atoms with van der Waals surface area (Å²) in [5.41, 5.74) is 1.16. The molecule has 21 heavy (non-hydrogen) atoms. The van der Waals surface area contributed by atoms with Gasteiger partial charge >= 0.3 is 0 Å². The molecule has 0 aliphatic carbocycles. The van der Waals surface area contributed by atoms with Crippen LogP contribution < -0.4 is 10.1 Å². The van der Waals surface area contributed by atoms with Gasteiger partial charge in [0, 0.05) is 17.3 Å². The predicted molar refractivity (Wildman–Crippen MR) is 73.2 cm³/mol. The van der Waals surface area contributed by atoms with E-state index in [1.807, 2.05) is 24.3 Å². The van der Waals surface area contributed by atoms with Gasteiger partial charge in [0.2, 0.25) is 5.60 Å². The molecule has 0 bridgehead atoms. The largest absolute Gasteiger partial charge is 0.464 e. The van der Waals surface area contributed by atoms with Gasteiger partial charge in [-0.1, -0.05) is 18.2 Å². The zero-order valence-corrected chi connectivity index (χ0v) is 10.8. The molecule has 0 saturated heterocycles. The Labute approximate surface area is 119 Å². The number of nitrogens with one attached hydrogen (secondary N) is 1. The molecule has 1 aromatic carbocycles. The van der Waals surface area contributed by atoms with Crippen molar-refractivity contribution in [3.63, 3.8) is 0 Å². The first-order chi connectivity index (χ1) is 10.3. The van der Waals surface area contributed by atoms with Crippen molar-refractivity contribution >= 4 is 17.2 Å². The van der Waals surface area contributed by atoms with Crippen LogP contribution in [0.2, 0.25) is 0 Å². The summed E-state index contributed by atoms with van der Waals surface area (Å²) in [6, 6.07) is 9.23. The maximum absolute atomic E-state index is 12.5. The average Bonchev–Trinajstić information content (AvgIpc) is 3.17. The van der Waals surface area contributed by atoms with E-state index in [1.165, 1.54) is 6.26 Å². The van der Waals surface area contributed by atoms with Crippen molar-refractivity contribution in [2.75, 3.05) is 5.32 Å². The number of hydrogen-bond acceptors (Lipinski definition) is 4. The molecule has 1 N–H and O–H groups in total. The third-order valence-corrected chi connectivity index (χ3v) is 3.96. The van der Waals surface area contributed by atoms with Crippen LogP contribution in [0.1, 0.15) is 11.3 Å². The number of rotatable bonds is 0. The van der Waals surface area contributed by atoms with Gasteiger partial charge in [-0.25, -0.2) is 0 Å². The summed E-state index contributed by atoms with van der Waals surface area (Å²) in [6.07, 6.45) is 4.85. The SMILES string of the molecule is O=C1Nc2ccccc2C12C=C1C(=COc3ccoc31)O2. The van der Waals surface area contributed by atoms with Crippen LogP contribution in [-0.4, -0.2) is 5.91 Å². The number of carbonyl (C=O) groups excluding carboxylic acids is 1. The van der Waals surface area contributed by atoms with E-state index in [2.05, 4.69) is 5.32 Å². The summed E-state index contributed by atoms with van der Waals surface area (Å²) in [7, 11) is 0. The van der Waals surface area contributed by atoms with Crippen LogP contribution in [0.5, 0.6) is 5.75 Å². The molecule has 1 unspecified atom stereocenters. The molecule has 0 fully saturated rings. The van der Waals surface area contributed by atoms with Crippen molar-refractivity contribution in [2.45, 2.75) is 5.60 Å². The van der Waals surface area contributed by atoms with E-state index >= 15 is 0 Å². The predicted octanol–water partition coefficient (Wildman–Crippen LogP) is 2.77. The van der Waals surface area contributed by atoms with Gasteiger partial charge in [0.1, 0.15) is 6.26 Å². The molecule has 102 valence electrons. The maximum Gasteiger partial charge on any atom is 0.277 e. The summed E-state index contributed by atoms with van der Waals surface area (Å²) >= 11 is 0. The maximum atomic E-state index is 12.5. The highest BCUT2D eigenvalue weighted by Crippen LogP contribution is 2.51. The second-order valence-electron chi connectivity index (χ2n) is 5.11. The van der Waals surface area contributed by atoms with E-state index in [1.54, 1.807) is 18.4 Å². The summed E-state index contributed by atoms with van der Waals surface area (Å²) in [6.45, 7) is 0. The molecule has 0 radical (unpaired) electrons. The first-order valence-electron chi connectivity index (χ1n) is 6.56. The number of benzene rings is 1. The minimum Gasteiger partial charge on any atom is -0.464 e. The number of hydrogen-bond donors (Lipinski definition) is 1. The fourth-order valence-electron chi connectivity index (χ4n) is 3.00. The second-order valence-corrected chi connectivity index (χ2v) is 5.11. The zero-order valence-electron chi connectivity index (χ0n) is 10.8. The molecule has 4 heterocycles. The van der Waals surface area contributed by atoms with Crippen molar-refractivity contribution in [3.8, 4) is 5.75 Å². The highest BCUT2D eigenvalue weighted by molar-refractivity contribution is 6.09. The lowest BCUT2D eigenvalue weighted by atomic mass is 9.94. The molecule has 2 aromatic rings. The lowest BCUT2D eigenvalue weighted by molar-refractivity contribution is -0.129. The third kappa shape index (κ3) is 1.19. The Morgan fingerprint density at radius 3 is 3.00 bits per heavy atom. The van der Waals surface area contributed by atoms with Gasteiger partial charge in [0.15, 0.2) is 17.3 Å². The Morgan fingerprint density at radius 1 is 1.14 bits per heavy atom. The molecule has 3 aliphatic heterocycles. The molecule has 1 spiro atoms. The quantitative estimate of drug-likeness (QED) is 0.805. The number of anilines is 1. The Bertz CT molecular complexity index is 861. The van der Waals surface area contributed by atoms with Crippen molar-refractivity contribution in [2.24, 2.45) is 0 Å². The van der Waals surface area contributed by atoms with Gasteiger partial charge in [0.25, 0.3) is 5.91 Å². The number of amides is 1. The highest BCUT2D eigenvalue weighted by Gasteiger charge is 2.53. The number of fused-ring (bicyclic) bond motifs is 5. The van der Waals surface area contributed by atoms with Crippen molar-refractivity contribution < 1.29 is 18.7 Å². The fourth-order valence-corrected chi connectivity index (χ4v) is 3.00. The Hall–Kier alpha value is -2.95. The molecule has 1 atom stereocenters. The standard InChI is InChI=1S/C16H9NO4/c18-15-16(10-3-1-2-4-11(10)17-15)7-9-13(21-16)8-20-12-5-6-19-14(9)12/h1-8H,(H,17,18). The lowest BCUT2D eigenvalue weighted by Crippen LogP contribution is -2.32. The molecular formula is C16H9NO4. The van der Waals surface area contributed by atoms with Crippen molar-refractivity contribution in [1.29, 1.82) is 0 Å². The van der Waals surface area contributed by atoms with E-state index in [4.69, 9.17) is 13.9 Å². The molecule has 1 aromatic heterocycles. The van der Waals surface area contributed by atoms with Gasteiger partial charge in [-0.15, -0.1) is 0 Å². The molecule has 0 saturated carbocycles. The van der Waals surface area contributed by atoms with Crippen LogP contribution in [0, 0.1) is 0 Å². The minimum atomic E-state index is -1.14. The molecular weight excluding hydrogens is 270 g/mol. The zero-order chi connectivity index (χ0) is 14.0. The van der Waals surface area contributed by atoms with Gasteiger partial charge in [0.05, 0.1) is 11.8 Å². The monoisotopic (exact) mass is 279 g/mol. The Kier molecular flexibility index (Phi) is 1.74. The summed E-state index contributed by atoms with van der Waals surface area (Å²) in [5.74, 6) is 1.50. The smallest absolute Gasteiger partial charge is 0.277 e. The van der Waals surface area contributed by atoms with Gasteiger partial charge in [-0.2, -0.15) is 0 Å². The highest BCUT2D eigenvalue weighted by atomic mass is 16.5. The third-order valence-electron chi connectivity index (χ3n) is 3.96. The molecule has 5 rings (SSSR count). The van der Waals surface area contributed by atoms with E-state index in [0.29, 0.717) is 17.3 Å². The van der Waals surface area contributed by atoms with Crippen molar-refractivity contribution in [1.82, 2.24) is 0 Å². The molecule has 1 amide bonds. The summed E-state index contributed by atoms with van der Waals surface area (Å²) in [4.78, 5) is 12.5. The summed E-state index contributed by atoms with van der Waals surface area (Å²) < 4.78 is 16.9. The van der Waals surface area contributed by atoms with Crippen LogP contribution in [0.3, 0.4) is 0 Å². The van der Waals surface area contributed by atoms with E-state index < -0.39 is 5.60 Å². The van der Waals surface area contributed by atoms with Crippen LogP contribution in [-0.2, 0) is 15.1 Å². The Morgan fingerprint density at radius 2 is 2.05 bits per heavy atom. The molecule has 5 heteroatoms. The summed E-state index contributed by atoms with van der Waals surface area (Å²) in [5, 5.41) is 2.85. The van der Waals surface area contributed by atoms with E-state index in [9.17, 15) is 4.79 Å². The van der Waals surface area contributed by atoms with Crippen LogP contribution in [0.15, 0.2) is 59.1 Å². The van der Waals surface area contributed by atoms with E-state index in [0.717, 1.165) is 16.8 Å². The van der Waals surface area contributed by atoms with Crippen LogP contribution in [0.4, 0.5) is 5.69 Å². The number of allylic oxidation sites excluding steroid dienone is 1. The number of para-hydroxylation sites is 1. The number of carbonyl (C=O) groups is 1. The average molecular weight is 279 g/mol. The first kappa shape index (κ1) is 10.8. The molecule has 5 nitrogen and oxygen atoms in total. The lowest BCUT2D eigenvalue weighted by Gasteiger charge is -2.20. The minimum absolute atomic E-state index is 0.209. The number of ether oxygens (including phenoxy) is 2. The topological polar surface area (TPSA) is 60.7 Å². The Balaban J connectivity index is 1.76. The van der Waals surface area contributed by atoms with Gasteiger partial charge < -0.3 is 19.2 Å². The van der Waals surface area contributed by atoms with E-state index in [-0.39, 0.29) is 5.91 Å². The van der Waals surface area contributed by atoms with Crippen LogP contribution >= 0.6 is 0 Å². The van der Waals surface area contributed by atoms with Crippen LogP contribution in [0.25, 0.3) is 5.57 Å². The fraction of sp³-hybridized carbons (Fsp3) is 0.0625.